The average Bonchev–Trinajstić information content (AvgIpc) is 2.42. The van der Waals surface area contributed by atoms with Crippen molar-refractivity contribution in [1.29, 1.82) is 0 Å². The number of aliphatic hydroxyl groups excluding tert-OH is 1. The molecule has 3 rings (SSSR count). The van der Waals surface area contributed by atoms with Gasteiger partial charge in [0.25, 0.3) is 0 Å². The van der Waals surface area contributed by atoms with E-state index in [1.165, 1.54) is 0 Å². The van der Waals surface area contributed by atoms with Crippen LogP contribution in [0.2, 0.25) is 10.0 Å². The standard InChI is InChI=1S/C15H13Cl2NO2/c16-11-5-4-10(9-12(11)17)15(6-8-20-15)14(19)13-3-1-2-7-18-13/h1-5,7,9,14,19H,6,8H2/t14?,15-/m1/s1. The van der Waals surface area contributed by atoms with Gasteiger partial charge in [-0.1, -0.05) is 35.3 Å². The molecular formula is C15H13Cl2NO2. The summed E-state index contributed by atoms with van der Waals surface area (Å²) in [5.74, 6) is 0. The van der Waals surface area contributed by atoms with E-state index in [9.17, 15) is 5.11 Å². The van der Waals surface area contributed by atoms with Crippen molar-refractivity contribution in [3.8, 4) is 0 Å². The van der Waals surface area contributed by atoms with Crippen molar-refractivity contribution < 1.29 is 9.84 Å². The van der Waals surface area contributed by atoms with Crippen LogP contribution >= 0.6 is 23.2 Å². The van der Waals surface area contributed by atoms with Crippen LogP contribution < -0.4 is 0 Å². The number of aliphatic hydroxyl groups is 1. The second kappa shape index (κ2) is 5.34. The van der Waals surface area contributed by atoms with Crippen molar-refractivity contribution in [2.24, 2.45) is 0 Å². The minimum atomic E-state index is -0.838. The van der Waals surface area contributed by atoms with Crippen LogP contribution in [-0.4, -0.2) is 16.7 Å². The highest BCUT2D eigenvalue weighted by atomic mass is 35.5. The molecule has 0 aliphatic carbocycles. The van der Waals surface area contributed by atoms with E-state index in [2.05, 4.69) is 4.98 Å². The molecule has 2 heterocycles. The van der Waals surface area contributed by atoms with E-state index in [0.717, 1.165) is 5.56 Å². The Morgan fingerprint density at radius 3 is 2.55 bits per heavy atom. The summed E-state index contributed by atoms with van der Waals surface area (Å²) in [5.41, 5.74) is 0.609. The van der Waals surface area contributed by atoms with E-state index in [4.69, 9.17) is 27.9 Å². The molecular weight excluding hydrogens is 297 g/mol. The zero-order valence-corrected chi connectivity index (χ0v) is 12.1. The SMILES string of the molecule is OC(c1ccccn1)[C@]1(c2ccc(Cl)c(Cl)c2)CCO1. The monoisotopic (exact) mass is 309 g/mol. The first-order valence-corrected chi connectivity index (χ1v) is 7.07. The lowest BCUT2D eigenvalue weighted by Crippen LogP contribution is -2.46. The van der Waals surface area contributed by atoms with Crippen LogP contribution in [0.15, 0.2) is 42.6 Å². The zero-order chi connectivity index (χ0) is 14.2. The van der Waals surface area contributed by atoms with Gasteiger partial charge in [-0.3, -0.25) is 4.98 Å². The van der Waals surface area contributed by atoms with Gasteiger partial charge in [0.1, 0.15) is 11.7 Å². The third-order valence-corrected chi connectivity index (χ3v) is 4.39. The van der Waals surface area contributed by atoms with Crippen LogP contribution in [0.5, 0.6) is 0 Å². The van der Waals surface area contributed by atoms with E-state index in [1.54, 1.807) is 24.4 Å². The van der Waals surface area contributed by atoms with Crippen molar-refractivity contribution in [2.45, 2.75) is 18.1 Å². The van der Waals surface area contributed by atoms with Gasteiger partial charge in [0.2, 0.25) is 0 Å². The third kappa shape index (κ3) is 2.21. The van der Waals surface area contributed by atoms with Crippen LogP contribution in [0.25, 0.3) is 0 Å². The highest BCUT2D eigenvalue weighted by Gasteiger charge is 2.48. The minimum absolute atomic E-state index is 0.451. The molecule has 1 N–H and O–H groups in total. The highest BCUT2D eigenvalue weighted by molar-refractivity contribution is 6.42. The number of nitrogens with zero attached hydrogens (tertiary/aromatic N) is 1. The van der Waals surface area contributed by atoms with Crippen LogP contribution in [0.4, 0.5) is 0 Å². The number of aromatic nitrogens is 1. The van der Waals surface area contributed by atoms with Gasteiger partial charge in [0, 0.05) is 12.6 Å². The van der Waals surface area contributed by atoms with Crippen molar-refractivity contribution in [3.63, 3.8) is 0 Å². The van der Waals surface area contributed by atoms with Gasteiger partial charge < -0.3 is 9.84 Å². The lowest BCUT2D eigenvalue weighted by atomic mass is 9.80. The molecule has 1 unspecified atom stereocenters. The Labute approximate surface area is 127 Å². The van der Waals surface area contributed by atoms with Gasteiger partial charge >= 0.3 is 0 Å². The molecule has 20 heavy (non-hydrogen) atoms. The van der Waals surface area contributed by atoms with Gasteiger partial charge in [0.05, 0.1) is 22.3 Å². The van der Waals surface area contributed by atoms with Gasteiger partial charge in [0.15, 0.2) is 0 Å². The van der Waals surface area contributed by atoms with Crippen LogP contribution in [-0.2, 0) is 10.3 Å². The number of ether oxygens (including phenoxy) is 1. The zero-order valence-electron chi connectivity index (χ0n) is 10.6. The summed E-state index contributed by atoms with van der Waals surface area (Å²) >= 11 is 12.0. The minimum Gasteiger partial charge on any atom is -0.383 e. The quantitative estimate of drug-likeness (QED) is 0.939. The Morgan fingerprint density at radius 1 is 1.20 bits per heavy atom. The summed E-state index contributed by atoms with van der Waals surface area (Å²) in [7, 11) is 0. The van der Waals surface area contributed by atoms with Gasteiger partial charge in [-0.25, -0.2) is 0 Å². The second-order valence-corrected chi connectivity index (χ2v) is 5.59. The average molecular weight is 310 g/mol. The van der Waals surface area contributed by atoms with E-state index >= 15 is 0 Å². The van der Waals surface area contributed by atoms with Crippen molar-refractivity contribution in [2.75, 3.05) is 6.61 Å². The highest BCUT2D eigenvalue weighted by Crippen LogP contribution is 2.47. The summed E-state index contributed by atoms with van der Waals surface area (Å²) in [6.45, 7) is 0.601. The normalized spacial score (nSPS) is 23.1. The molecule has 1 aromatic carbocycles. The Bertz CT molecular complexity index is 615. The maximum absolute atomic E-state index is 10.6. The number of pyridine rings is 1. The Kier molecular flexibility index (Phi) is 3.69. The molecule has 1 aromatic heterocycles. The number of rotatable bonds is 3. The summed E-state index contributed by atoms with van der Waals surface area (Å²) in [6, 6.07) is 10.7. The maximum atomic E-state index is 10.6. The van der Waals surface area contributed by atoms with Crippen molar-refractivity contribution in [1.82, 2.24) is 4.98 Å². The summed E-state index contributed by atoms with van der Waals surface area (Å²) in [5, 5.41) is 11.6. The van der Waals surface area contributed by atoms with Crippen LogP contribution in [0.3, 0.4) is 0 Å². The number of hydrogen-bond donors (Lipinski definition) is 1. The Morgan fingerprint density at radius 2 is 2.00 bits per heavy atom. The smallest absolute Gasteiger partial charge is 0.129 e. The molecule has 3 nitrogen and oxygen atoms in total. The second-order valence-electron chi connectivity index (χ2n) is 4.77. The topological polar surface area (TPSA) is 42.4 Å². The molecule has 0 saturated carbocycles. The largest absolute Gasteiger partial charge is 0.383 e. The van der Waals surface area contributed by atoms with E-state index < -0.39 is 11.7 Å². The fraction of sp³-hybridized carbons (Fsp3) is 0.267. The van der Waals surface area contributed by atoms with Gasteiger partial charge in [-0.2, -0.15) is 0 Å². The molecule has 1 aliphatic rings. The van der Waals surface area contributed by atoms with Gasteiger partial charge in [-0.15, -0.1) is 0 Å². The summed E-state index contributed by atoms with van der Waals surface area (Å²) in [4.78, 5) is 4.20. The van der Waals surface area contributed by atoms with Crippen molar-refractivity contribution >= 4 is 23.2 Å². The molecule has 0 amide bonds. The third-order valence-electron chi connectivity index (χ3n) is 3.65. The first kappa shape index (κ1) is 13.8. The van der Waals surface area contributed by atoms with Crippen LogP contribution in [0, 0.1) is 0 Å². The molecule has 2 atom stereocenters. The molecule has 0 radical (unpaired) electrons. The molecule has 1 fully saturated rings. The lowest BCUT2D eigenvalue weighted by molar-refractivity contribution is -0.216. The molecule has 0 bridgehead atoms. The molecule has 5 heteroatoms. The summed E-state index contributed by atoms with van der Waals surface area (Å²) in [6.07, 6.45) is 1.53. The molecule has 0 spiro atoms. The first-order valence-electron chi connectivity index (χ1n) is 6.32. The molecule has 104 valence electrons. The van der Waals surface area contributed by atoms with E-state index in [-0.39, 0.29) is 0 Å². The molecule has 1 saturated heterocycles. The Balaban J connectivity index is 2.01. The molecule has 2 aromatic rings. The molecule has 1 aliphatic heterocycles. The predicted octanol–water partition coefficient (Wildman–Crippen LogP) is 3.74. The fourth-order valence-corrected chi connectivity index (χ4v) is 2.76. The van der Waals surface area contributed by atoms with Gasteiger partial charge in [-0.05, 0) is 29.8 Å². The number of benzene rings is 1. The van der Waals surface area contributed by atoms with Crippen LogP contribution in [0.1, 0.15) is 23.8 Å². The lowest BCUT2D eigenvalue weighted by Gasteiger charge is -2.45. The van der Waals surface area contributed by atoms with E-state index in [0.29, 0.717) is 28.8 Å². The number of halogens is 2. The van der Waals surface area contributed by atoms with E-state index in [1.807, 2.05) is 18.2 Å². The fourth-order valence-electron chi connectivity index (χ4n) is 2.46. The summed E-state index contributed by atoms with van der Waals surface area (Å²) < 4.78 is 5.72. The van der Waals surface area contributed by atoms with Crippen molar-refractivity contribution in [3.05, 3.63) is 63.9 Å². The Hall–Kier alpha value is -1.13. The first-order chi connectivity index (χ1) is 9.63. The predicted molar refractivity (Wildman–Crippen MR) is 77.9 cm³/mol. The number of hydrogen-bond acceptors (Lipinski definition) is 3. The maximum Gasteiger partial charge on any atom is 0.129 e.